The largest absolute Gasteiger partial charge is 0.486 e. The molecule has 1 aromatic rings. The zero-order valence-electron chi connectivity index (χ0n) is 14.4. The zero-order valence-corrected chi connectivity index (χ0v) is 14.4. The molecule has 0 saturated carbocycles. The summed E-state index contributed by atoms with van der Waals surface area (Å²) in [5, 5.41) is 2.94. The lowest BCUT2D eigenvalue weighted by Crippen LogP contribution is -2.53. The first kappa shape index (κ1) is 16.2. The number of hydrogen-bond donors (Lipinski definition) is 1. The van der Waals surface area contributed by atoms with Gasteiger partial charge in [0.25, 0.3) is 0 Å². The highest BCUT2D eigenvalue weighted by Gasteiger charge is 2.40. The van der Waals surface area contributed by atoms with Gasteiger partial charge in [0.2, 0.25) is 11.8 Å². The maximum Gasteiger partial charge on any atom is 0.237 e. The first-order chi connectivity index (χ1) is 12.1. The zero-order chi connectivity index (χ0) is 17.4. The van der Waals surface area contributed by atoms with Gasteiger partial charge in [-0.1, -0.05) is 6.07 Å². The Morgan fingerprint density at radius 1 is 1.24 bits per heavy atom. The second-order valence-corrected chi connectivity index (χ2v) is 6.98. The SMILES string of the molecule is CC(=O)NC1CC2CN(Cc3ccc4c(c3)OCCO4)CC(=O)N2C1. The molecule has 0 radical (unpaired) electrons. The number of fused-ring (bicyclic) bond motifs is 2. The van der Waals surface area contributed by atoms with E-state index in [9.17, 15) is 9.59 Å². The summed E-state index contributed by atoms with van der Waals surface area (Å²) in [5.74, 6) is 1.66. The van der Waals surface area contributed by atoms with Crippen LogP contribution in [0, 0.1) is 0 Å². The fourth-order valence-electron chi connectivity index (χ4n) is 4.00. The van der Waals surface area contributed by atoms with Gasteiger partial charge >= 0.3 is 0 Å². The lowest BCUT2D eigenvalue weighted by molar-refractivity contribution is -0.138. The number of carbonyl (C=O) groups is 2. The lowest BCUT2D eigenvalue weighted by atomic mass is 10.1. The molecule has 1 N–H and O–H groups in total. The maximum atomic E-state index is 12.5. The topological polar surface area (TPSA) is 71.1 Å². The van der Waals surface area contributed by atoms with E-state index >= 15 is 0 Å². The first-order valence-corrected chi connectivity index (χ1v) is 8.76. The fraction of sp³-hybridized carbons (Fsp3) is 0.556. The number of amides is 2. The molecule has 2 atom stereocenters. The molecule has 3 heterocycles. The van der Waals surface area contributed by atoms with Gasteiger partial charge < -0.3 is 19.7 Å². The van der Waals surface area contributed by atoms with E-state index in [0.717, 1.165) is 30.0 Å². The van der Waals surface area contributed by atoms with Gasteiger partial charge in [-0.2, -0.15) is 0 Å². The number of nitrogens with zero attached hydrogens (tertiary/aromatic N) is 2. The Labute approximate surface area is 146 Å². The lowest BCUT2D eigenvalue weighted by Gasteiger charge is -2.37. The highest BCUT2D eigenvalue weighted by atomic mass is 16.6. The molecule has 2 fully saturated rings. The number of piperazine rings is 1. The number of carbonyl (C=O) groups excluding carboxylic acids is 2. The Hall–Kier alpha value is -2.28. The molecule has 1 aromatic carbocycles. The van der Waals surface area contributed by atoms with Crippen LogP contribution in [0.4, 0.5) is 0 Å². The minimum Gasteiger partial charge on any atom is -0.486 e. The summed E-state index contributed by atoms with van der Waals surface area (Å²) < 4.78 is 11.2. The van der Waals surface area contributed by atoms with E-state index in [1.807, 2.05) is 23.1 Å². The van der Waals surface area contributed by atoms with E-state index in [1.165, 1.54) is 6.92 Å². The van der Waals surface area contributed by atoms with Crippen molar-refractivity contribution in [2.75, 3.05) is 32.8 Å². The average Bonchev–Trinajstić information content (AvgIpc) is 2.97. The fourth-order valence-corrected chi connectivity index (χ4v) is 4.00. The summed E-state index contributed by atoms with van der Waals surface area (Å²) in [6, 6.07) is 6.21. The van der Waals surface area contributed by atoms with Crippen molar-refractivity contribution in [3.05, 3.63) is 23.8 Å². The minimum absolute atomic E-state index is 0.0366. The Balaban J connectivity index is 1.41. The molecule has 0 spiro atoms. The number of nitrogens with one attached hydrogen (secondary N) is 1. The molecule has 2 saturated heterocycles. The number of benzene rings is 1. The predicted octanol–water partition coefficient (Wildman–Crippen LogP) is 0.379. The van der Waals surface area contributed by atoms with Crippen LogP contribution in [-0.2, 0) is 16.1 Å². The van der Waals surface area contributed by atoms with Gasteiger partial charge in [0, 0.05) is 38.6 Å². The van der Waals surface area contributed by atoms with Crippen LogP contribution in [-0.4, -0.2) is 66.5 Å². The molecule has 0 aliphatic carbocycles. The molecule has 134 valence electrons. The maximum absolute atomic E-state index is 12.5. The molecule has 7 nitrogen and oxygen atoms in total. The summed E-state index contributed by atoms with van der Waals surface area (Å²) >= 11 is 0. The van der Waals surface area contributed by atoms with Gasteiger partial charge in [0.1, 0.15) is 13.2 Å². The normalized spacial score (nSPS) is 25.6. The third-order valence-corrected chi connectivity index (χ3v) is 4.98. The Morgan fingerprint density at radius 3 is 2.84 bits per heavy atom. The number of hydrogen-bond acceptors (Lipinski definition) is 5. The Bertz CT molecular complexity index is 693. The van der Waals surface area contributed by atoms with Crippen molar-refractivity contribution in [1.82, 2.24) is 15.1 Å². The Kier molecular flexibility index (Phi) is 4.25. The molecule has 0 bridgehead atoms. The first-order valence-electron chi connectivity index (χ1n) is 8.76. The highest BCUT2D eigenvalue weighted by Crippen LogP contribution is 2.31. The van der Waals surface area contributed by atoms with Gasteiger partial charge in [-0.3, -0.25) is 14.5 Å². The van der Waals surface area contributed by atoms with Crippen LogP contribution >= 0.6 is 0 Å². The van der Waals surface area contributed by atoms with E-state index < -0.39 is 0 Å². The van der Waals surface area contributed by atoms with Gasteiger partial charge in [-0.05, 0) is 24.1 Å². The van der Waals surface area contributed by atoms with Crippen molar-refractivity contribution in [3.8, 4) is 11.5 Å². The van der Waals surface area contributed by atoms with Crippen LogP contribution in [0.3, 0.4) is 0 Å². The second kappa shape index (κ2) is 6.55. The molecule has 7 heteroatoms. The van der Waals surface area contributed by atoms with Gasteiger partial charge in [0.15, 0.2) is 11.5 Å². The van der Waals surface area contributed by atoms with Crippen LogP contribution in [0.1, 0.15) is 18.9 Å². The van der Waals surface area contributed by atoms with Crippen LogP contribution in [0.25, 0.3) is 0 Å². The molecule has 0 aromatic heterocycles. The molecule has 4 rings (SSSR count). The van der Waals surface area contributed by atoms with Crippen LogP contribution in [0.15, 0.2) is 18.2 Å². The number of rotatable bonds is 3. The summed E-state index contributed by atoms with van der Waals surface area (Å²) in [7, 11) is 0. The van der Waals surface area contributed by atoms with Crippen molar-refractivity contribution in [2.45, 2.75) is 32.0 Å². The number of ether oxygens (including phenoxy) is 2. The summed E-state index contributed by atoms with van der Waals surface area (Å²) in [5.41, 5.74) is 1.11. The van der Waals surface area contributed by atoms with E-state index in [4.69, 9.17) is 9.47 Å². The van der Waals surface area contributed by atoms with Gasteiger partial charge in [0.05, 0.1) is 6.54 Å². The summed E-state index contributed by atoms with van der Waals surface area (Å²) in [6.45, 7) is 5.25. The molecular formula is C18H23N3O4. The summed E-state index contributed by atoms with van der Waals surface area (Å²) in [6.07, 6.45) is 0.822. The quantitative estimate of drug-likeness (QED) is 0.858. The predicted molar refractivity (Wildman–Crippen MR) is 90.4 cm³/mol. The van der Waals surface area contributed by atoms with E-state index in [-0.39, 0.29) is 23.9 Å². The smallest absolute Gasteiger partial charge is 0.237 e. The molecular weight excluding hydrogens is 322 g/mol. The van der Waals surface area contributed by atoms with E-state index in [1.54, 1.807) is 0 Å². The van der Waals surface area contributed by atoms with Crippen molar-refractivity contribution < 1.29 is 19.1 Å². The van der Waals surface area contributed by atoms with Gasteiger partial charge in [-0.25, -0.2) is 0 Å². The van der Waals surface area contributed by atoms with Crippen LogP contribution < -0.4 is 14.8 Å². The Morgan fingerprint density at radius 2 is 2.04 bits per heavy atom. The molecule has 2 amide bonds. The third kappa shape index (κ3) is 3.42. The van der Waals surface area contributed by atoms with E-state index in [0.29, 0.717) is 32.8 Å². The average molecular weight is 345 g/mol. The monoisotopic (exact) mass is 345 g/mol. The van der Waals surface area contributed by atoms with Crippen LogP contribution in [0.2, 0.25) is 0 Å². The molecule has 2 unspecified atom stereocenters. The standard InChI is InChI=1S/C18H23N3O4/c1-12(22)19-14-7-15-10-20(11-18(23)21(15)9-14)8-13-2-3-16-17(6-13)25-5-4-24-16/h2-3,6,14-15H,4-5,7-11H2,1H3,(H,19,22). The van der Waals surface area contributed by atoms with E-state index in [2.05, 4.69) is 10.2 Å². The highest BCUT2D eigenvalue weighted by molar-refractivity contribution is 5.80. The third-order valence-electron chi connectivity index (χ3n) is 4.98. The van der Waals surface area contributed by atoms with Crippen molar-refractivity contribution in [2.24, 2.45) is 0 Å². The molecule has 3 aliphatic heterocycles. The minimum atomic E-state index is -0.0366. The van der Waals surface area contributed by atoms with Crippen molar-refractivity contribution in [3.63, 3.8) is 0 Å². The van der Waals surface area contributed by atoms with Gasteiger partial charge in [-0.15, -0.1) is 0 Å². The van der Waals surface area contributed by atoms with Crippen molar-refractivity contribution in [1.29, 1.82) is 0 Å². The molecule has 3 aliphatic rings. The second-order valence-electron chi connectivity index (χ2n) is 6.98. The molecule has 25 heavy (non-hydrogen) atoms. The summed E-state index contributed by atoms with van der Waals surface area (Å²) in [4.78, 5) is 27.8. The van der Waals surface area contributed by atoms with Crippen LogP contribution in [0.5, 0.6) is 11.5 Å². The van der Waals surface area contributed by atoms with Crippen molar-refractivity contribution >= 4 is 11.8 Å².